The Morgan fingerprint density at radius 3 is 2.57 bits per heavy atom. The number of rotatable bonds is 3. The second kappa shape index (κ2) is 5.47. The molecule has 5 heteroatoms. The number of halogens is 1. The molecule has 3 nitrogen and oxygen atoms in total. The zero-order chi connectivity index (χ0) is 15.9. The fraction of sp³-hybridized carbons (Fsp3) is 0.111. The van der Waals surface area contributed by atoms with E-state index in [1.807, 2.05) is 47.8 Å². The highest BCUT2D eigenvalue weighted by atomic mass is 35.5. The first kappa shape index (κ1) is 14.4. The molecule has 0 amide bonds. The first-order chi connectivity index (χ1) is 11.2. The first-order valence-corrected chi connectivity index (χ1v) is 8.35. The molecule has 0 saturated carbocycles. The van der Waals surface area contributed by atoms with Gasteiger partial charge in [-0.25, -0.2) is 4.98 Å². The van der Waals surface area contributed by atoms with Gasteiger partial charge in [0.2, 0.25) is 5.60 Å². The topological polar surface area (TPSA) is 49.2 Å². The van der Waals surface area contributed by atoms with Crippen LogP contribution in [0.2, 0.25) is 5.02 Å². The molecule has 2 unspecified atom stereocenters. The molecule has 0 bridgehead atoms. The minimum atomic E-state index is -0.981. The van der Waals surface area contributed by atoms with Gasteiger partial charge in [-0.1, -0.05) is 54.1 Å². The highest BCUT2D eigenvalue weighted by Crippen LogP contribution is 2.57. The molecule has 1 saturated heterocycles. The summed E-state index contributed by atoms with van der Waals surface area (Å²) >= 11 is 7.37. The maximum absolute atomic E-state index is 9.64. The van der Waals surface area contributed by atoms with Gasteiger partial charge in [0.15, 0.2) is 0 Å². The van der Waals surface area contributed by atoms with Crippen LogP contribution >= 0.6 is 22.9 Å². The van der Waals surface area contributed by atoms with Crippen LogP contribution in [0.3, 0.4) is 0 Å². The van der Waals surface area contributed by atoms with Crippen molar-refractivity contribution in [2.24, 2.45) is 0 Å². The van der Waals surface area contributed by atoms with Crippen LogP contribution in [0, 0.1) is 11.3 Å². The lowest BCUT2D eigenvalue weighted by molar-refractivity contribution is 0.339. The molecule has 1 aliphatic rings. The van der Waals surface area contributed by atoms with Gasteiger partial charge in [-0.05, 0) is 17.7 Å². The van der Waals surface area contributed by atoms with E-state index in [2.05, 4.69) is 11.1 Å². The molecule has 1 aromatic heterocycles. The summed E-state index contributed by atoms with van der Waals surface area (Å²) in [6.07, 6.45) is -0.292. The summed E-state index contributed by atoms with van der Waals surface area (Å²) in [4.78, 5) is 4.62. The third-order valence-corrected chi connectivity index (χ3v) is 5.06. The Labute approximate surface area is 142 Å². The van der Waals surface area contributed by atoms with Crippen LogP contribution in [-0.2, 0) is 10.3 Å². The zero-order valence-electron chi connectivity index (χ0n) is 11.9. The van der Waals surface area contributed by atoms with Crippen LogP contribution in [-0.4, -0.2) is 4.98 Å². The Kier molecular flexibility index (Phi) is 3.42. The van der Waals surface area contributed by atoms with E-state index >= 15 is 0 Å². The van der Waals surface area contributed by atoms with E-state index in [1.165, 1.54) is 11.3 Å². The van der Waals surface area contributed by atoms with Gasteiger partial charge in [0.25, 0.3) is 0 Å². The van der Waals surface area contributed by atoms with Gasteiger partial charge < -0.3 is 4.74 Å². The summed E-state index contributed by atoms with van der Waals surface area (Å²) in [6.45, 7) is 0. The molecule has 1 fully saturated rings. The predicted molar refractivity (Wildman–Crippen MR) is 90.1 cm³/mol. The Morgan fingerprint density at radius 1 is 1.13 bits per heavy atom. The van der Waals surface area contributed by atoms with Crippen LogP contribution in [0.25, 0.3) is 11.3 Å². The van der Waals surface area contributed by atoms with Crippen molar-refractivity contribution < 1.29 is 4.74 Å². The van der Waals surface area contributed by atoms with Crippen LogP contribution in [0.1, 0.15) is 16.7 Å². The molecule has 2 atom stereocenters. The molecular weight excluding hydrogens is 328 g/mol. The van der Waals surface area contributed by atoms with E-state index in [0.29, 0.717) is 10.0 Å². The van der Waals surface area contributed by atoms with Crippen LogP contribution in [0.4, 0.5) is 0 Å². The van der Waals surface area contributed by atoms with Crippen molar-refractivity contribution in [3.8, 4) is 17.3 Å². The molecule has 2 aromatic carbocycles. The van der Waals surface area contributed by atoms with Gasteiger partial charge in [0.1, 0.15) is 17.2 Å². The fourth-order valence-corrected chi connectivity index (χ4v) is 3.64. The minimum absolute atomic E-state index is 0.292. The molecule has 1 aliphatic heterocycles. The fourth-order valence-electron chi connectivity index (χ4n) is 2.57. The first-order valence-electron chi connectivity index (χ1n) is 7.09. The third-order valence-electron chi connectivity index (χ3n) is 3.85. The van der Waals surface area contributed by atoms with Crippen molar-refractivity contribution in [3.63, 3.8) is 0 Å². The van der Waals surface area contributed by atoms with Gasteiger partial charge in [-0.3, -0.25) is 0 Å². The van der Waals surface area contributed by atoms with Crippen LogP contribution in [0.5, 0.6) is 0 Å². The number of nitriles is 1. The standard InChI is InChI=1S/C18H11ClN2OS/c19-14-8-6-13(7-9-14)16-18(11-20,22-16)17-21-15(10-23-17)12-4-2-1-3-5-12/h1-10,16H. The summed E-state index contributed by atoms with van der Waals surface area (Å²) in [6, 6.07) is 19.6. The number of aromatic nitrogens is 1. The van der Waals surface area contributed by atoms with Gasteiger partial charge in [0.05, 0.1) is 5.69 Å². The largest absolute Gasteiger partial charge is 0.338 e. The van der Waals surface area contributed by atoms with Crippen molar-refractivity contribution >= 4 is 22.9 Å². The molecule has 0 N–H and O–H groups in total. The SMILES string of the molecule is N#CC1(c2nc(-c3ccccc3)cs2)OC1c1ccc(Cl)cc1. The Morgan fingerprint density at radius 2 is 1.87 bits per heavy atom. The van der Waals surface area contributed by atoms with E-state index in [-0.39, 0.29) is 6.10 Å². The van der Waals surface area contributed by atoms with Crippen molar-refractivity contribution in [3.05, 3.63) is 75.6 Å². The van der Waals surface area contributed by atoms with E-state index in [0.717, 1.165) is 16.8 Å². The van der Waals surface area contributed by atoms with Crippen LogP contribution < -0.4 is 0 Å². The van der Waals surface area contributed by atoms with E-state index in [4.69, 9.17) is 16.3 Å². The second-order valence-corrected chi connectivity index (χ2v) is 6.60. The van der Waals surface area contributed by atoms with E-state index in [1.54, 1.807) is 12.1 Å². The molecule has 0 aliphatic carbocycles. The molecule has 4 rings (SSSR count). The smallest absolute Gasteiger partial charge is 0.237 e. The molecule has 2 heterocycles. The lowest BCUT2D eigenvalue weighted by atomic mass is 10.0. The maximum atomic E-state index is 9.64. The molecule has 23 heavy (non-hydrogen) atoms. The summed E-state index contributed by atoms with van der Waals surface area (Å²) in [5.41, 5.74) is 1.86. The van der Waals surface area contributed by atoms with Crippen molar-refractivity contribution in [1.29, 1.82) is 5.26 Å². The number of benzene rings is 2. The van der Waals surface area contributed by atoms with E-state index < -0.39 is 5.60 Å². The second-order valence-electron chi connectivity index (χ2n) is 5.30. The van der Waals surface area contributed by atoms with Gasteiger partial charge >= 0.3 is 0 Å². The molecular formula is C18H11ClN2OS. The Balaban J connectivity index is 1.66. The quantitative estimate of drug-likeness (QED) is 0.634. The molecule has 112 valence electrons. The number of epoxide rings is 1. The Bertz CT molecular complexity index is 885. The minimum Gasteiger partial charge on any atom is -0.338 e. The van der Waals surface area contributed by atoms with Crippen molar-refractivity contribution in [2.75, 3.05) is 0 Å². The van der Waals surface area contributed by atoms with Gasteiger partial charge in [-0.2, -0.15) is 5.26 Å². The highest BCUT2D eigenvalue weighted by Gasteiger charge is 2.62. The monoisotopic (exact) mass is 338 g/mol. The van der Waals surface area contributed by atoms with Crippen molar-refractivity contribution in [1.82, 2.24) is 4.98 Å². The third kappa shape index (κ3) is 2.43. The molecule has 3 aromatic rings. The number of thiazole rings is 1. The normalized spacial score (nSPS) is 22.5. The van der Waals surface area contributed by atoms with E-state index in [9.17, 15) is 5.26 Å². The number of ether oxygens (including phenoxy) is 1. The molecule has 0 spiro atoms. The summed E-state index contributed by atoms with van der Waals surface area (Å²) in [5, 5.41) is 13.0. The number of hydrogen-bond donors (Lipinski definition) is 0. The van der Waals surface area contributed by atoms with Gasteiger partial charge in [0, 0.05) is 16.0 Å². The zero-order valence-corrected chi connectivity index (χ0v) is 13.5. The number of nitrogens with zero attached hydrogens (tertiary/aromatic N) is 2. The summed E-state index contributed by atoms with van der Waals surface area (Å²) < 4.78 is 5.76. The lowest BCUT2D eigenvalue weighted by Gasteiger charge is -2.00. The molecule has 0 radical (unpaired) electrons. The lowest BCUT2D eigenvalue weighted by Crippen LogP contribution is -2.06. The highest BCUT2D eigenvalue weighted by molar-refractivity contribution is 7.10. The summed E-state index contributed by atoms with van der Waals surface area (Å²) in [7, 11) is 0. The number of hydrogen-bond acceptors (Lipinski definition) is 4. The van der Waals surface area contributed by atoms with Gasteiger partial charge in [-0.15, -0.1) is 11.3 Å². The Hall–Kier alpha value is -2.19. The average Bonchev–Trinajstić information content (AvgIpc) is 3.14. The predicted octanol–water partition coefficient (Wildman–Crippen LogP) is 4.95. The maximum Gasteiger partial charge on any atom is 0.237 e. The van der Waals surface area contributed by atoms with Crippen molar-refractivity contribution in [2.45, 2.75) is 11.7 Å². The van der Waals surface area contributed by atoms with Crippen LogP contribution in [0.15, 0.2) is 60.0 Å². The summed E-state index contributed by atoms with van der Waals surface area (Å²) in [5.74, 6) is 0. The average molecular weight is 339 g/mol.